The fraction of sp³-hybridized carbons (Fsp3) is 0.667. The smallest absolute Gasteiger partial charge is 0.460 e. The Morgan fingerprint density at radius 2 is 1.11 bits per heavy atom. The summed E-state index contributed by atoms with van der Waals surface area (Å²) in [6, 6.07) is 4.68. The van der Waals surface area contributed by atoms with Crippen molar-refractivity contribution in [2.45, 2.75) is 89.2 Å². The topological polar surface area (TPSA) is 52.6 Å². The first kappa shape index (κ1) is 30.7. The van der Waals surface area contributed by atoms with Gasteiger partial charge in [-0.25, -0.2) is 9.59 Å². The quantitative estimate of drug-likeness (QED) is 0.128. The van der Waals surface area contributed by atoms with E-state index < -0.39 is 42.1 Å². The first-order valence-corrected chi connectivity index (χ1v) is 11.6. The highest BCUT2D eigenvalue weighted by Gasteiger charge is 2.73. The Balaban J connectivity index is 2.51. The van der Waals surface area contributed by atoms with Gasteiger partial charge in [0.2, 0.25) is 0 Å². The third-order valence-electron chi connectivity index (χ3n) is 5.30. The molecule has 0 spiro atoms. The summed E-state index contributed by atoms with van der Waals surface area (Å²) in [6.45, 7) is -0.334. The molecule has 0 N–H and O–H groups in total. The van der Waals surface area contributed by atoms with Crippen LogP contribution in [0.25, 0.3) is 0 Å². The SMILES string of the molecule is CCCCCCCCCCCCOC(=O)c1ccccc1C(=O)OCC(F)(F)C(F)(F)C(F)(F)F. The molecule has 0 saturated carbocycles. The monoisotopic (exact) mass is 516 g/mol. The molecule has 0 amide bonds. The second-order valence-electron chi connectivity index (χ2n) is 8.22. The van der Waals surface area contributed by atoms with Gasteiger partial charge < -0.3 is 9.47 Å². The molecule has 0 atom stereocenters. The Hall–Kier alpha value is -2.33. The van der Waals surface area contributed by atoms with Crippen LogP contribution in [0.2, 0.25) is 0 Å². The molecule has 4 nitrogen and oxygen atoms in total. The minimum absolute atomic E-state index is 0.0363. The van der Waals surface area contributed by atoms with Crippen LogP contribution in [0.15, 0.2) is 24.3 Å². The summed E-state index contributed by atoms with van der Waals surface area (Å²) in [7, 11) is 0. The molecule has 0 aliphatic carbocycles. The predicted octanol–water partition coefficient (Wildman–Crippen LogP) is 7.75. The van der Waals surface area contributed by atoms with Gasteiger partial charge >= 0.3 is 30.0 Å². The van der Waals surface area contributed by atoms with Gasteiger partial charge in [0.15, 0.2) is 6.61 Å². The maximum absolute atomic E-state index is 13.4. The molecule has 35 heavy (non-hydrogen) atoms. The largest absolute Gasteiger partial charge is 0.462 e. The summed E-state index contributed by atoms with van der Waals surface area (Å²) < 4.78 is 98.4. The maximum Gasteiger partial charge on any atom is 0.460 e. The van der Waals surface area contributed by atoms with E-state index in [-0.39, 0.29) is 12.2 Å². The zero-order valence-electron chi connectivity index (χ0n) is 19.6. The van der Waals surface area contributed by atoms with Gasteiger partial charge in [-0.1, -0.05) is 76.8 Å². The standard InChI is InChI=1S/C24H31F7O4/c1-2-3-4-5-6-7-8-9-10-13-16-34-20(32)18-14-11-12-15-19(18)21(33)35-17-22(25,26)23(27,28)24(29,30)31/h11-12,14-15H,2-10,13,16-17H2,1H3. The lowest BCUT2D eigenvalue weighted by Crippen LogP contribution is -2.54. The predicted molar refractivity (Wildman–Crippen MR) is 115 cm³/mol. The van der Waals surface area contributed by atoms with Crippen LogP contribution in [0.4, 0.5) is 30.7 Å². The first-order chi connectivity index (χ1) is 16.3. The molecule has 200 valence electrons. The van der Waals surface area contributed by atoms with Crippen LogP contribution in [0.3, 0.4) is 0 Å². The zero-order chi connectivity index (χ0) is 26.5. The Kier molecular flexibility index (Phi) is 12.5. The van der Waals surface area contributed by atoms with Crippen LogP contribution in [0, 0.1) is 0 Å². The van der Waals surface area contributed by atoms with Gasteiger partial charge in [0.05, 0.1) is 17.7 Å². The van der Waals surface area contributed by atoms with Gasteiger partial charge in [0.25, 0.3) is 0 Å². The van der Waals surface area contributed by atoms with Gasteiger partial charge in [0, 0.05) is 0 Å². The van der Waals surface area contributed by atoms with Crippen molar-refractivity contribution in [3.05, 3.63) is 35.4 Å². The van der Waals surface area contributed by atoms with E-state index in [0.29, 0.717) is 6.42 Å². The Bertz CT molecular complexity index is 794. The summed E-state index contributed by atoms with van der Waals surface area (Å²) >= 11 is 0. The lowest BCUT2D eigenvalue weighted by Gasteiger charge is -2.27. The number of carbonyl (C=O) groups is 2. The molecule has 1 rings (SSSR count). The van der Waals surface area contributed by atoms with E-state index in [1.54, 1.807) is 0 Å². The van der Waals surface area contributed by atoms with E-state index in [1.165, 1.54) is 44.2 Å². The maximum atomic E-state index is 13.4. The molecular weight excluding hydrogens is 485 g/mol. The van der Waals surface area contributed by atoms with Crippen LogP contribution < -0.4 is 0 Å². The molecule has 0 aromatic heterocycles. The van der Waals surface area contributed by atoms with Gasteiger partial charge in [-0.3, -0.25) is 0 Å². The van der Waals surface area contributed by atoms with E-state index in [4.69, 9.17) is 4.74 Å². The fourth-order valence-corrected chi connectivity index (χ4v) is 3.20. The molecule has 0 fully saturated rings. The van der Waals surface area contributed by atoms with Crippen molar-refractivity contribution in [1.82, 2.24) is 0 Å². The number of ether oxygens (including phenoxy) is 2. The Labute approximate surface area is 200 Å². The van der Waals surface area contributed by atoms with Crippen molar-refractivity contribution in [1.29, 1.82) is 0 Å². The second kappa shape index (κ2) is 14.3. The number of esters is 2. The molecule has 0 aliphatic heterocycles. The summed E-state index contributed by atoms with van der Waals surface area (Å²) in [5, 5.41) is 0. The van der Waals surface area contributed by atoms with E-state index in [0.717, 1.165) is 37.8 Å². The first-order valence-electron chi connectivity index (χ1n) is 11.6. The average Bonchev–Trinajstić information content (AvgIpc) is 2.80. The molecular formula is C24H31F7O4. The average molecular weight is 516 g/mol. The molecule has 1 aromatic carbocycles. The highest BCUT2D eigenvalue weighted by molar-refractivity contribution is 6.03. The molecule has 0 saturated heterocycles. The molecule has 0 radical (unpaired) electrons. The number of halogens is 7. The molecule has 0 bridgehead atoms. The number of hydrogen-bond acceptors (Lipinski definition) is 4. The number of unbranched alkanes of at least 4 members (excludes halogenated alkanes) is 9. The van der Waals surface area contributed by atoms with Crippen LogP contribution in [-0.2, 0) is 9.47 Å². The third-order valence-corrected chi connectivity index (χ3v) is 5.30. The van der Waals surface area contributed by atoms with Crippen molar-refractivity contribution >= 4 is 11.9 Å². The third kappa shape index (κ3) is 9.68. The molecule has 1 aromatic rings. The Morgan fingerprint density at radius 3 is 1.57 bits per heavy atom. The zero-order valence-corrected chi connectivity index (χ0v) is 19.6. The summed E-state index contributed by atoms with van der Waals surface area (Å²) in [4.78, 5) is 24.3. The lowest BCUT2D eigenvalue weighted by atomic mass is 10.1. The summed E-state index contributed by atoms with van der Waals surface area (Å²) in [5.41, 5.74) is -0.970. The number of benzene rings is 1. The van der Waals surface area contributed by atoms with Gasteiger partial charge in [-0.2, -0.15) is 30.7 Å². The highest BCUT2D eigenvalue weighted by Crippen LogP contribution is 2.46. The van der Waals surface area contributed by atoms with Crippen LogP contribution in [0.1, 0.15) is 91.8 Å². The van der Waals surface area contributed by atoms with Crippen LogP contribution in [0.5, 0.6) is 0 Å². The molecule has 0 aliphatic rings. The van der Waals surface area contributed by atoms with E-state index in [2.05, 4.69) is 11.7 Å². The van der Waals surface area contributed by atoms with Crippen molar-refractivity contribution in [3.8, 4) is 0 Å². The van der Waals surface area contributed by atoms with E-state index in [1.807, 2.05) is 0 Å². The van der Waals surface area contributed by atoms with Crippen molar-refractivity contribution in [2.24, 2.45) is 0 Å². The van der Waals surface area contributed by atoms with E-state index in [9.17, 15) is 40.3 Å². The van der Waals surface area contributed by atoms with Crippen LogP contribution in [-0.4, -0.2) is 43.2 Å². The minimum atomic E-state index is -6.54. The highest BCUT2D eigenvalue weighted by atomic mass is 19.4. The van der Waals surface area contributed by atoms with E-state index >= 15 is 0 Å². The van der Waals surface area contributed by atoms with Crippen molar-refractivity contribution in [3.63, 3.8) is 0 Å². The normalized spacial score (nSPS) is 12.5. The molecule has 0 unspecified atom stereocenters. The second-order valence-corrected chi connectivity index (χ2v) is 8.22. The summed E-state index contributed by atoms with van der Waals surface area (Å²) in [5.74, 6) is -14.7. The van der Waals surface area contributed by atoms with Gasteiger partial charge in [-0.15, -0.1) is 0 Å². The van der Waals surface area contributed by atoms with Gasteiger partial charge in [0.1, 0.15) is 0 Å². The van der Waals surface area contributed by atoms with Crippen molar-refractivity contribution in [2.75, 3.05) is 13.2 Å². The number of alkyl halides is 7. The molecule has 11 heteroatoms. The molecule has 0 heterocycles. The Morgan fingerprint density at radius 1 is 0.686 bits per heavy atom. The lowest BCUT2D eigenvalue weighted by molar-refractivity contribution is -0.359. The fourth-order valence-electron chi connectivity index (χ4n) is 3.20. The summed E-state index contributed by atoms with van der Waals surface area (Å²) in [6.07, 6.45) is 4.07. The van der Waals surface area contributed by atoms with Crippen LogP contribution >= 0.6 is 0 Å². The van der Waals surface area contributed by atoms with Crippen molar-refractivity contribution < 1.29 is 49.8 Å². The number of hydrogen-bond donors (Lipinski definition) is 0. The minimum Gasteiger partial charge on any atom is -0.462 e. The number of rotatable bonds is 16. The van der Waals surface area contributed by atoms with Gasteiger partial charge in [-0.05, 0) is 18.6 Å². The number of carbonyl (C=O) groups excluding carboxylic acids is 2.